The first-order valence-electron chi connectivity index (χ1n) is 7.02. The minimum atomic E-state index is -4.54. The Hall–Kier alpha value is -2.67. The average molecular weight is 368 g/mol. The quantitative estimate of drug-likeness (QED) is 0.502. The van der Waals surface area contributed by atoms with Crippen molar-refractivity contribution in [3.05, 3.63) is 70.8 Å². The van der Waals surface area contributed by atoms with Crippen LogP contribution in [0.2, 0.25) is 0 Å². The number of ketones is 2. The molecular formula is C17H9ClF3NO3. The molecule has 0 radical (unpaired) electrons. The van der Waals surface area contributed by atoms with Crippen LogP contribution in [0.25, 0.3) is 0 Å². The van der Waals surface area contributed by atoms with Gasteiger partial charge in [-0.25, -0.2) is 0 Å². The fourth-order valence-corrected chi connectivity index (χ4v) is 2.80. The van der Waals surface area contributed by atoms with E-state index in [1.165, 1.54) is 12.1 Å². The number of fused-ring (bicyclic) bond motifs is 1. The van der Waals surface area contributed by atoms with Crippen LogP contribution in [-0.4, -0.2) is 22.5 Å². The zero-order valence-corrected chi connectivity index (χ0v) is 13.1. The van der Waals surface area contributed by atoms with Crippen molar-refractivity contribution in [2.45, 2.75) is 11.2 Å². The van der Waals surface area contributed by atoms with E-state index < -0.39 is 34.2 Å². The van der Waals surface area contributed by atoms with Gasteiger partial charge in [-0.2, -0.15) is 13.2 Å². The normalized spacial score (nSPS) is 15.8. The van der Waals surface area contributed by atoms with Crippen molar-refractivity contribution in [1.82, 2.24) is 5.32 Å². The van der Waals surface area contributed by atoms with Crippen LogP contribution in [-0.2, 0) is 6.18 Å². The molecule has 1 amide bonds. The van der Waals surface area contributed by atoms with E-state index in [0.717, 1.165) is 24.3 Å². The molecule has 3 rings (SSSR count). The summed E-state index contributed by atoms with van der Waals surface area (Å²) in [6.07, 6.45) is -4.54. The number of halogens is 4. The third-order valence-electron chi connectivity index (χ3n) is 3.80. The molecule has 0 aromatic heterocycles. The maximum atomic E-state index is 12.6. The monoisotopic (exact) mass is 367 g/mol. The predicted octanol–water partition coefficient (Wildman–Crippen LogP) is 3.45. The molecule has 2 aromatic carbocycles. The van der Waals surface area contributed by atoms with Gasteiger partial charge in [0.15, 0.2) is 0 Å². The predicted molar refractivity (Wildman–Crippen MR) is 82.6 cm³/mol. The van der Waals surface area contributed by atoms with Gasteiger partial charge in [0.2, 0.25) is 16.6 Å². The summed E-state index contributed by atoms with van der Waals surface area (Å²) in [6, 6.07) is 9.24. The van der Waals surface area contributed by atoms with Crippen molar-refractivity contribution in [2.75, 3.05) is 0 Å². The van der Waals surface area contributed by atoms with Crippen LogP contribution < -0.4 is 5.32 Å². The first-order chi connectivity index (χ1) is 11.6. The number of nitrogens with one attached hydrogen (secondary N) is 1. The summed E-state index contributed by atoms with van der Waals surface area (Å²) in [4.78, 5) is 34.7. The van der Waals surface area contributed by atoms with Gasteiger partial charge in [-0.15, -0.1) is 0 Å². The third kappa shape index (κ3) is 2.80. The zero-order valence-electron chi connectivity index (χ0n) is 12.4. The number of rotatable bonds is 2. The van der Waals surface area contributed by atoms with Crippen LogP contribution in [0.15, 0.2) is 48.5 Å². The zero-order chi connectivity index (χ0) is 18.4. The van der Waals surface area contributed by atoms with Crippen LogP contribution in [0.1, 0.15) is 36.6 Å². The molecule has 128 valence electrons. The molecule has 0 unspecified atom stereocenters. The van der Waals surface area contributed by atoms with Crippen molar-refractivity contribution in [3.63, 3.8) is 0 Å². The highest BCUT2D eigenvalue weighted by Gasteiger charge is 2.53. The fourth-order valence-electron chi connectivity index (χ4n) is 2.51. The van der Waals surface area contributed by atoms with E-state index in [9.17, 15) is 27.6 Å². The van der Waals surface area contributed by atoms with Crippen LogP contribution in [0, 0.1) is 0 Å². The van der Waals surface area contributed by atoms with Gasteiger partial charge in [0.25, 0.3) is 5.91 Å². The highest BCUT2D eigenvalue weighted by Crippen LogP contribution is 2.33. The van der Waals surface area contributed by atoms with Gasteiger partial charge in [0.1, 0.15) is 0 Å². The summed E-state index contributed by atoms with van der Waals surface area (Å²) in [5, 5.41) is 2.12. The molecule has 0 fully saturated rings. The maximum Gasteiger partial charge on any atom is 0.416 e. The topological polar surface area (TPSA) is 63.2 Å². The van der Waals surface area contributed by atoms with Crippen molar-refractivity contribution in [2.24, 2.45) is 0 Å². The Bertz CT molecular complexity index is 856. The SMILES string of the molecule is O=C(NC1(Cl)C(=O)c2ccccc2C1=O)c1ccc(C(F)(F)F)cc1. The van der Waals surface area contributed by atoms with Crippen molar-refractivity contribution in [1.29, 1.82) is 0 Å². The first-order valence-corrected chi connectivity index (χ1v) is 7.39. The summed E-state index contributed by atoms with van der Waals surface area (Å²) in [5.41, 5.74) is -0.930. The van der Waals surface area contributed by atoms with Crippen molar-refractivity contribution in [3.8, 4) is 0 Å². The minimum Gasteiger partial charge on any atom is -0.320 e. The van der Waals surface area contributed by atoms with E-state index in [0.29, 0.717) is 0 Å². The lowest BCUT2D eigenvalue weighted by Crippen LogP contribution is -2.52. The number of carbonyl (C=O) groups excluding carboxylic acids is 3. The lowest BCUT2D eigenvalue weighted by molar-refractivity contribution is -0.137. The Labute approximate surface area is 144 Å². The second-order valence-corrected chi connectivity index (χ2v) is 5.96. The number of carbonyl (C=O) groups is 3. The molecule has 1 aliphatic carbocycles. The minimum absolute atomic E-state index is 0.0789. The molecule has 0 atom stereocenters. The molecule has 0 aliphatic heterocycles. The molecule has 0 saturated heterocycles. The molecule has 2 aromatic rings. The Morgan fingerprint density at radius 1 is 0.920 bits per heavy atom. The van der Waals surface area contributed by atoms with Gasteiger partial charge < -0.3 is 5.32 Å². The summed E-state index contributed by atoms with van der Waals surface area (Å²) in [5.74, 6) is -2.50. The van der Waals surface area contributed by atoms with Crippen LogP contribution in [0.5, 0.6) is 0 Å². The van der Waals surface area contributed by atoms with E-state index in [4.69, 9.17) is 11.6 Å². The van der Waals surface area contributed by atoms with E-state index in [2.05, 4.69) is 5.32 Å². The largest absolute Gasteiger partial charge is 0.416 e. The number of hydrogen-bond donors (Lipinski definition) is 1. The Balaban J connectivity index is 1.86. The highest BCUT2D eigenvalue weighted by molar-refractivity contribution is 6.55. The van der Waals surface area contributed by atoms with E-state index >= 15 is 0 Å². The molecule has 8 heteroatoms. The number of benzene rings is 2. The molecule has 1 N–H and O–H groups in total. The van der Waals surface area contributed by atoms with E-state index in [1.807, 2.05) is 0 Å². The molecule has 0 spiro atoms. The van der Waals surface area contributed by atoms with E-state index in [-0.39, 0.29) is 16.7 Å². The van der Waals surface area contributed by atoms with Crippen LogP contribution in [0.3, 0.4) is 0 Å². The van der Waals surface area contributed by atoms with Gasteiger partial charge in [0.05, 0.1) is 5.56 Å². The molecular weight excluding hydrogens is 359 g/mol. The Kier molecular flexibility index (Phi) is 3.91. The number of alkyl halides is 4. The van der Waals surface area contributed by atoms with Gasteiger partial charge in [-0.05, 0) is 24.3 Å². The standard InChI is InChI=1S/C17H9ClF3NO3/c18-16(13(23)11-3-1-2-4-12(11)14(16)24)22-15(25)9-5-7-10(8-6-9)17(19,20)21/h1-8H,(H,22,25). The molecule has 25 heavy (non-hydrogen) atoms. The second kappa shape index (κ2) is 5.70. The molecule has 4 nitrogen and oxygen atoms in total. The average Bonchev–Trinajstić information content (AvgIpc) is 2.76. The Morgan fingerprint density at radius 2 is 1.40 bits per heavy atom. The van der Waals surface area contributed by atoms with Gasteiger partial charge in [-0.1, -0.05) is 35.9 Å². The number of hydrogen-bond acceptors (Lipinski definition) is 3. The summed E-state index contributed by atoms with van der Waals surface area (Å²) < 4.78 is 37.7. The summed E-state index contributed by atoms with van der Waals surface area (Å²) >= 11 is 6.07. The number of Topliss-reactive ketones (excluding diaryl/α,β-unsaturated/α-hetero) is 2. The number of amides is 1. The molecule has 0 saturated carbocycles. The second-order valence-electron chi connectivity index (χ2n) is 5.39. The third-order valence-corrected chi connectivity index (χ3v) is 4.24. The van der Waals surface area contributed by atoms with E-state index in [1.54, 1.807) is 12.1 Å². The maximum absolute atomic E-state index is 12.6. The molecule has 0 bridgehead atoms. The lowest BCUT2D eigenvalue weighted by atomic mass is 10.1. The highest BCUT2D eigenvalue weighted by atomic mass is 35.5. The van der Waals surface area contributed by atoms with Crippen molar-refractivity contribution >= 4 is 29.1 Å². The van der Waals surface area contributed by atoms with Gasteiger partial charge >= 0.3 is 6.18 Å². The van der Waals surface area contributed by atoms with Crippen LogP contribution in [0.4, 0.5) is 13.2 Å². The first kappa shape index (κ1) is 17.2. The summed E-state index contributed by atoms with van der Waals surface area (Å²) in [6.45, 7) is 0. The van der Waals surface area contributed by atoms with Crippen molar-refractivity contribution < 1.29 is 27.6 Å². The van der Waals surface area contributed by atoms with Gasteiger partial charge in [0, 0.05) is 16.7 Å². The van der Waals surface area contributed by atoms with Gasteiger partial charge in [-0.3, -0.25) is 14.4 Å². The molecule has 1 aliphatic rings. The smallest absolute Gasteiger partial charge is 0.320 e. The van der Waals surface area contributed by atoms with Crippen LogP contribution >= 0.6 is 11.6 Å². The fraction of sp³-hybridized carbons (Fsp3) is 0.118. The molecule has 0 heterocycles. The lowest BCUT2D eigenvalue weighted by Gasteiger charge is -2.19. The summed E-state index contributed by atoms with van der Waals surface area (Å²) in [7, 11) is 0. The Morgan fingerprint density at radius 3 is 1.84 bits per heavy atom.